The normalized spacial score (nSPS) is 24.5. The van der Waals surface area contributed by atoms with Crippen LogP contribution in [0.4, 0.5) is 0 Å². The topological polar surface area (TPSA) is 83.5 Å². The molecule has 2 saturated carbocycles. The van der Waals surface area contributed by atoms with Gasteiger partial charge in [0.15, 0.2) is 0 Å². The van der Waals surface area contributed by atoms with Gasteiger partial charge in [-0.3, -0.25) is 4.79 Å². The van der Waals surface area contributed by atoms with E-state index >= 15 is 0 Å². The molecule has 0 saturated heterocycles. The first kappa shape index (κ1) is 12.8. The van der Waals surface area contributed by atoms with Crippen molar-refractivity contribution in [2.24, 2.45) is 5.41 Å². The van der Waals surface area contributed by atoms with E-state index in [-0.39, 0.29) is 11.8 Å². The molecule has 0 amide bonds. The van der Waals surface area contributed by atoms with Crippen molar-refractivity contribution in [1.29, 1.82) is 0 Å². The smallest absolute Gasteiger partial charge is 0.310 e. The Morgan fingerprint density at radius 1 is 1.24 bits per heavy atom. The van der Waals surface area contributed by atoms with E-state index in [9.17, 15) is 18.3 Å². The van der Waals surface area contributed by atoms with Crippen LogP contribution in [0.5, 0.6) is 0 Å². The van der Waals surface area contributed by atoms with Crippen molar-refractivity contribution in [2.75, 3.05) is 6.54 Å². The van der Waals surface area contributed by atoms with Crippen molar-refractivity contribution in [3.8, 4) is 0 Å². The number of carboxylic acids is 1. The number of rotatable bonds is 5. The molecule has 6 heteroatoms. The molecule has 17 heavy (non-hydrogen) atoms. The second-order valence-corrected chi connectivity index (χ2v) is 7.26. The first-order valence-electron chi connectivity index (χ1n) is 6.18. The molecule has 0 aromatic heterocycles. The van der Waals surface area contributed by atoms with Crippen molar-refractivity contribution < 1.29 is 18.3 Å². The van der Waals surface area contributed by atoms with Crippen molar-refractivity contribution >= 4 is 16.0 Å². The van der Waals surface area contributed by atoms with Gasteiger partial charge in [0.25, 0.3) is 0 Å². The van der Waals surface area contributed by atoms with Crippen LogP contribution in [0.1, 0.15) is 44.9 Å². The van der Waals surface area contributed by atoms with E-state index in [0.717, 1.165) is 19.3 Å². The van der Waals surface area contributed by atoms with Crippen molar-refractivity contribution in [1.82, 2.24) is 4.72 Å². The molecule has 0 atom stereocenters. The van der Waals surface area contributed by atoms with Crippen LogP contribution in [-0.4, -0.2) is 31.3 Å². The number of hydrogen-bond acceptors (Lipinski definition) is 3. The van der Waals surface area contributed by atoms with Gasteiger partial charge in [0.05, 0.1) is 10.7 Å². The van der Waals surface area contributed by atoms with Crippen LogP contribution in [0.3, 0.4) is 0 Å². The molecule has 2 rings (SSSR count). The Labute approximate surface area is 102 Å². The summed E-state index contributed by atoms with van der Waals surface area (Å²) in [4.78, 5) is 11.3. The molecule has 0 spiro atoms. The second-order valence-electron chi connectivity index (χ2n) is 5.21. The van der Waals surface area contributed by atoms with Crippen LogP contribution in [0, 0.1) is 5.41 Å². The first-order valence-corrected chi connectivity index (χ1v) is 7.73. The Morgan fingerprint density at radius 3 is 2.29 bits per heavy atom. The van der Waals surface area contributed by atoms with E-state index < -0.39 is 21.4 Å². The average Bonchev–Trinajstić information content (AvgIpc) is 3.12. The summed E-state index contributed by atoms with van der Waals surface area (Å²) in [6, 6.07) is 0. The van der Waals surface area contributed by atoms with Gasteiger partial charge < -0.3 is 5.11 Å². The minimum Gasteiger partial charge on any atom is -0.481 e. The quantitative estimate of drug-likeness (QED) is 0.776. The molecule has 2 N–H and O–H groups in total. The lowest BCUT2D eigenvalue weighted by Gasteiger charge is -2.33. The highest BCUT2D eigenvalue weighted by molar-refractivity contribution is 7.90. The molecule has 0 aromatic rings. The van der Waals surface area contributed by atoms with E-state index in [2.05, 4.69) is 4.72 Å². The van der Waals surface area contributed by atoms with E-state index in [1.165, 1.54) is 0 Å². The predicted molar refractivity (Wildman–Crippen MR) is 63.1 cm³/mol. The standard InChI is InChI=1S/C11H19NO4S/c13-10(14)11(6-2-1-3-7-11)8-12-17(15,16)9-4-5-9/h9,12H,1-8H2,(H,13,14). The third-order valence-corrected chi connectivity index (χ3v) is 5.74. The molecule has 0 unspecified atom stereocenters. The molecule has 0 radical (unpaired) electrons. The number of nitrogens with one attached hydrogen (secondary N) is 1. The molecular weight excluding hydrogens is 242 g/mol. The van der Waals surface area contributed by atoms with Crippen LogP contribution >= 0.6 is 0 Å². The van der Waals surface area contributed by atoms with Gasteiger partial charge in [-0.1, -0.05) is 19.3 Å². The zero-order chi connectivity index (χ0) is 12.5. The third kappa shape index (κ3) is 2.80. The SMILES string of the molecule is O=C(O)C1(CNS(=O)(=O)C2CC2)CCCCC1. The maximum atomic E-state index is 11.7. The maximum Gasteiger partial charge on any atom is 0.310 e. The fraction of sp³-hybridized carbons (Fsp3) is 0.909. The van der Waals surface area contributed by atoms with Crippen LogP contribution in [0.2, 0.25) is 0 Å². The molecule has 0 aliphatic heterocycles. The van der Waals surface area contributed by atoms with Crippen molar-refractivity contribution in [2.45, 2.75) is 50.2 Å². The van der Waals surface area contributed by atoms with E-state index in [1.807, 2.05) is 0 Å². The summed E-state index contributed by atoms with van der Waals surface area (Å²) < 4.78 is 25.9. The summed E-state index contributed by atoms with van der Waals surface area (Å²) in [5, 5.41) is 9.02. The van der Waals surface area contributed by atoms with Crippen molar-refractivity contribution in [3.05, 3.63) is 0 Å². The lowest BCUT2D eigenvalue weighted by Crippen LogP contribution is -2.45. The van der Waals surface area contributed by atoms with Crippen molar-refractivity contribution in [3.63, 3.8) is 0 Å². The Bertz CT molecular complexity index is 394. The molecular formula is C11H19NO4S. The van der Waals surface area contributed by atoms with Gasteiger partial charge >= 0.3 is 5.97 Å². The van der Waals surface area contributed by atoms with Gasteiger partial charge in [-0.05, 0) is 25.7 Å². The van der Waals surface area contributed by atoms with Gasteiger partial charge in [0.1, 0.15) is 0 Å². The summed E-state index contributed by atoms with van der Waals surface area (Å²) in [5.41, 5.74) is -0.875. The Kier molecular flexibility index (Phi) is 3.45. The number of sulfonamides is 1. The molecule has 0 aromatic carbocycles. The number of hydrogen-bond donors (Lipinski definition) is 2. The minimum absolute atomic E-state index is 0.0567. The average molecular weight is 261 g/mol. The fourth-order valence-electron chi connectivity index (χ4n) is 2.43. The zero-order valence-electron chi connectivity index (χ0n) is 9.81. The highest BCUT2D eigenvalue weighted by Gasteiger charge is 2.42. The van der Waals surface area contributed by atoms with Crippen LogP contribution < -0.4 is 4.72 Å². The monoisotopic (exact) mass is 261 g/mol. The highest BCUT2D eigenvalue weighted by atomic mass is 32.2. The number of carbonyl (C=O) groups is 1. The highest BCUT2D eigenvalue weighted by Crippen LogP contribution is 2.37. The van der Waals surface area contributed by atoms with E-state index in [0.29, 0.717) is 25.7 Å². The first-order chi connectivity index (χ1) is 7.96. The Hall–Kier alpha value is -0.620. The molecule has 2 fully saturated rings. The maximum absolute atomic E-state index is 11.7. The Morgan fingerprint density at radius 2 is 1.82 bits per heavy atom. The molecule has 0 heterocycles. The number of aliphatic carboxylic acids is 1. The summed E-state index contributed by atoms with van der Waals surface area (Å²) >= 11 is 0. The summed E-state index contributed by atoms with van der Waals surface area (Å²) in [5.74, 6) is -0.865. The molecule has 98 valence electrons. The van der Waals surface area contributed by atoms with Gasteiger partial charge in [0, 0.05) is 6.54 Å². The summed E-state index contributed by atoms with van der Waals surface area (Å²) in [7, 11) is -3.27. The van der Waals surface area contributed by atoms with Gasteiger partial charge in [-0.25, -0.2) is 13.1 Å². The summed E-state index contributed by atoms with van der Waals surface area (Å²) in [6.45, 7) is 0.0567. The lowest BCUT2D eigenvalue weighted by atomic mass is 9.74. The third-order valence-electron chi connectivity index (χ3n) is 3.84. The molecule has 2 aliphatic carbocycles. The van der Waals surface area contributed by atoms with Gasteiger partial charge in [-0.2, -0.15) is 0 Å². The predicted octanol–water partition coefficient (Wildman–Crippen LogP) is 1.10. The summed E-state index contributed by atoms with van der Waals surface area (Å²) in [6.07, 6.45) is 5.36. The van der Waals surface area contributed by atoms with Crippen LogP contribution in [-0.2, 0) is 14.8 Å². The van der Waals surface area contributed by atoms with Crippen LogP contribution in [0.15, 0.2) is 0 Å². The van der Waals surface area contributed by atoms with E-state index in [4.69, 9.17) is 0 Å². The van der Waals surface area contributed by atoms with Gasteiger partial charge in [-0.15, -0.1) is 0 Å². The Balaban J connectivity index is 2.00. The van der Waals surface area contributed by atoms with E-state index in [1.54, 1.807) is 0 Å². The number of carboxylic acid groups (broad SMARTS) is 1. The fourth-order valence-corrected chi connectivity index (χ4v) is 3.90. The lowest BCUT2D eigenvalue weighted by molar-refractivity contribution is -0.150. The zero-order valence-corrected chi connectivity index (χ0v) is 10.6. The molecule has 5 nitrogen and oxygen atoms in total. The molecule has 2 aliphatic rings. The van der Waals surface area contributed by atoms with Gasteiger partial charge in [0.2, 0.25) is 10.0 Å². The largest absolute Gasteiger partial charge is 0.481 e. The minimum atomic E-state index is -3.27. The second kappa shape index (κ2) is 4.57. The van der Waals surface area contributed by atoms with Crippen LogP contribution in [0.25, 0.3) is 0 Å². The molecule has 0 bridgehead atoms.